The summed E-state index contributed by atoms with van der Waals surface area (Å²) < 4.78 is 38.8. The van der Waals surface area contributed by atoms with Crippen LogP contribution < -0.4 is 9.46 Å². The van der Waals surface area contributed by atoms with Gasteiger partial charge in [0.1, 0.15) is 5.75 Å². The standard InChI is InChI=1S/C20H15ClN4O4S/c1-28-15-6-4-13(5-7-15)19-23-24-20(29-19)17-11-16(8-9-18(17)21)30(26,27)25-14-3-2-10-22-12-14/h2-12,25H,1H3. The second kappa shape index (κ2) is 8.13. The first-order valence-corrected chi connectivity index (χ1v) is 10.5. The number of halogens is 1. The number of methoxy groups -OCH3 is 1. The Kier molecular flexibility index (Phi) is 5.39. The monoisotopic (exact) mass is 442 g/mol. The molecule has 0 amide bonds. The molecule has 152 valence electrons. The third-order valence-electron chi connectivity index (χ3n) is 4.15. The van der Waals surface area contributed by atoms with E-state index in [0.717, 1.165) is 0 Å². The fourth-order valence-corrected chi connectivity index (χ4v) is 3.92. The molecule has 2 heterocycles. The highest BCUT2D eigenvalue weighted by Gasteiger charge is 2.20. The molecule has 0 aliphatic carbocycles. The van der Waals surface area contributed by atoms with Crippen molar-refractivity contribution < 1.29 is 17.6 Å². The molecule has 10 heteroatoms. The van der Waals surface area contributed by atoms with Crippen molar-refractivity contribution in [2.24, 2.45) is 0 Å². The van der Waals surface area contributed by atoms with Crippen LogP contribution in [0.15, 0.2) is 76.3 Å². The van der Waals surface area contributed by atoms with E-state index in [2.05, 4.69) is 19.9 Å². The van der Waals surface area contributed by atoms with Gasteiger partial charge in [-0.1, -0.05) is 11.6 Å². The highest BCUT2D eigenvalue weighted by molar-refractivity contribution is 7.92. The van der Waals surface area contributed by atoms with Crippen molar-refractivity contribution in [1.82, 2.24) is 15.2 Å². The maximum atomic E-state index is 12.7. The normalized spacial score (nSPS) is 11.3. The van der Waals surface area contributed by atoms with Gasteiger partial charge in [0.25, 0.3) is 10.0 Å². The minimum Gasteiger partial charge on any atom is -0.497 e. The van der Waals surface area contributed by atoms with E-state index < -0.39 is 10.0 Å². The van der Waals surface area contributed by atoms with Gasteiger partial charge in [0, 0.05) is 11.8 Å². The van der Waals surface area contributed by atoms with Gasteiger partial charge in [-0.25, -0.2) is 8.42 Å². The van der Waals surface area contributed by atoms with E-state index in [1.54, 1.807) is 49.7 Å². The minimum absolute atomic E-state index is 0.00468. The molecule has 0 aliphatic rings. The Hall–Kier alpha value is -3.43. The van der Waals surface area contributed by atoms with Crippen LogP contribution in [-0.4, -0.2) is 30.7 Å². The number of benzene rings is 2. The van der Waals surface area contributed by atoms with Crippen LogP contribution in [-0.2, 0) is 10.0 Å². The van der Waals surface area contributed by atoms with Gasteiger partial charge in [0.05, 0.1) is 34.5 Å². The van der Waals surface area contributed by atoms with Crippen molar-refractivity contribution in [1.29, 1.82) is 0 Å². The molecule has 1 N–H and O–H groups in total. The summed E-state index contributed by atoms with van der Waals surface area (Å²) in [5, 5.41) is 8.32. The number of nitrogens with one attached hydrogen (secondary N) is 1. The van der Waals surface area contributed by atoms with E-state index in [-0.39, 0.29) is 21.7 Å². The van der Waals surface area contributed by atoms with E-state index >= 15 is 0 Å². The predicted octanol–water partition coefficient (Wildman–Crippen LogP) is 4.26. The summed E-state index contributed by atoms with van der Waals surface area (Å²) in [4.78, 5) is 3.89. The highest BCUT2D eigenvalue weighted by atomic mass is 35.5. The average Bonchev–Trinajstić information content (AvgIpc) is 3.24. The van der Waals surface area contributed by atoms with Crippen LogP contribution in [0.25, 0.3) is 22.9 Å². The Labute approximate surface area is 177 Å². The third kappa shape index (κ3) is 4.12. The SMILES string of the molecule is COc1ccc(-c2nnc(-c3cc(S(=O)(=O)Nc4cccnc4)ccc3Cl)o2)cc1. The number of anilines is 1. The Morgan fingerprint density at radius 2 is 1.80 bits per heavy atom. The second-order valence-electron chi connectivity index (χ2n) is 6.13. The van der Waals surface area contributed by atoms with Crippen LogP contribution in [0.5, 0.6) is 5.75 Å². The third-order valence-corrected chi connectivity index (χ3v) is 5.86. The molecular weight excluding hydrogens is 428 g/mol. The second-order valence-corrected chi connectivity index (χ2v) is 8.22. The van der Waals surface area contributed by atoms with Crippen molar-refractivity contribution in [3.05, 3.63) is 72.0 Å². The Morgan fingerprint density at radius 3 is 2.50 bits per heavy atom. The fourth-order valence-electron chi connectivity index (χ4n) is 2.65. The van der Waals surface area contributed by atoms with Gasteiger partial charge in [-0.05, 0) is 54.6 Å². The number of ether oxygens (including phenoxy) is 1. The number of hydrogen-bond acceptors (Lipinski definition) is 7. The number of hydrogen-bond donors (Lipinski definition) is 1. The van der Waals surface area contributed by atoms with Crippen LogP contribution in [0.3, 0.4) is 0 Å². The zero-order valence-electron chi connectivity index (χ0n) is 15.6. The summed E-state index contributed by atoms with van der Waals surface area (Å²) >= 11 is 6.27. The van der Waals surface area contributed by atoms with Gasteiger partial charge in [-0.2, -0.15) is 0 Å². The van der Waals surface area contributed by atoms with E-state index in [9.17, 15) is 8.42 Å². The summed E-state index contributed by atoms with van der Waals surface area (Å²) in [5.41, 5.74) is 1.33. The molecular formula is C20H15ClN4O4S. The molecule has 2 aromatic heterocycles. The number of aromatic nitrogens is 3. The largest absolute Gasteiger partial charge is 0.497 e. The van der Waals surface area contributed by atoms with Crippen LogP contribution in [0, 0.1) is 0 Å². The van der Waals surface area contributed by atoms with Gasteiger partial charge >= 0.3 is 0 Å². The Bertz CT molecular complexity index is 1280. The van der Waals surface area contributed by atoms with Crippen molar-refractivity contribution in [2.75, 3.05) is 11.8 Å². The van der Waals surface area contributed by atoms with Crippen molar-refractivity contribution in [2.45, 2.75) is 4.90 Å². The molecule has 0 saturated carbocycles. The molecule has 2 aromatic carbocycles. The first kappa shape index (κ1) is 19.9. The zero-order chi connectivity index (χ0) is 21.1. The molecule has 4 aromatic rings. The van der Waals surface area contributed by atoms with Crippen LogP contribution >= 0.6 is 11.6 Å². The first-order chi connectivity index (χ1) is 14.5. The van der Waals surface area contributed by atoms with Crippen LogP contribution in [0.1, 0.15) is 0 Å². The molecule has 4 rings (SSSR count). The summed E-state index contributed by atoms with van der Waals surface area (Å²) in [5.74, 6) is 1.07. The van der Waals surface area contributed by atoms with Gasteiger partial charge in [0.15, 0.2) is 0 Å². The van der Waals surface area contributed by atoms with Crippen molar-refractivity contribution >= 4 is 27.3 Å². The molecule has 0 bridgehead atoms. The van der Waals surface area contributed by atoms with E-state index in [1.807, 2.05) is 0 Å². The Morgan fingerprint density at radius 1 is 1.03 bits per heavy atom. The Balaban J connectivity index is 1.66. The number of rotatable bonds is 6. The lowest BCUT2D eigenvalue weighted by molar-refractivity contribution is 0.415. The zero-order valence-corrected chi connectivity index (χ0v) is 17.2. The summed E-state index contributed by atoms with van der Waals surface area (Å²) in [6, 6.07) is 14.5. The van der Waals surface area contributed by atoms with Gasteiger partial charge in [-0.15, -0.1) is 10.2 Å². The average molecular weight is 443 g/mol. The van der Waals surface area contributed by atoms with E-state index in [4.69, 9.17) is 20.8 Å². The lowest BCUT2D eigenvalue weighted by Gasteiger charge is -2.09. The smallest absolute Gasteiger partial charge is 0.261 e. The molecule has 0 saturated heterocycles. The quantitative estimate of drug-likeness (QED) is 0.475. The highest BCUT2D eigenvalue weighted by Crippen LogP contribution is 2.32. The van der Waals surface area contributed by atoms with Gasteiger partial charge < -0.3 is 9.15 Å². The number of pyridine rings is 1. The van der Waals surface area contributed by atoms with Gasteiger partial charge in [-0.3, -0.25) is 9.71 Å². The van der Waals surface area contributed by atoms with Gasteiger partial charge in [0.2, 0.25) is 11.8 Å². The van der Waals surface area contributed by atoms with Crippen LogP contribution in [0.4, 0.5) is 5.69 Å². The molecule has 8 nitrogen and oxygen atoms in total. The number of sulfonamides is 1. The first-order valence-electron chi connectivity index (χ1n) is 8.67. The maximum Gasteiger partial charge on any atom is 0.261 e. The molecule has 0 spiro atoms. The topological polar surface area (TPSA) is 107 Å². The molecule has 0 aliphatic heterocycles. The maximum absolute atomic E-state index is 12.7. The predicted molar refractivity (Wildman–Crippen MR) is 112 cm³/mol. The fraction of sp³-hybridized carbons (Fsp3) is 0.0500. The van der Waals surface area contributed by atoms with E-state index in [1.165, 1.54) is 24.4 Å². The number of nitrogens with zero attached hydrogens (tertiary/aromatic N) is 3. The minimum atomic E-state index is -3.87. The lowest BCUT2D eigenvalue weighted by atomic mass is 10.2. The molecule has 0 atom stereocenters. The molecule has 0 unspecified atom stereocenters. The summed E-state index contributed by atoms with van der Waals surface area (Å²) in [7, 11) is -2.29. The summed E-state index contributed by atoms with van der Waals surface area (Å²) in [6.45, 7) is 0. The lowest BCUT2D eigenvalue weighted by Crippen LogP contribution is -2.13. The molecule has 0 fully saturated rings. The van der Waals surface area contributed by atoms with Crippen LogP contribution in [0.2, 0.25) is 5.02 Å². The van der Waals surface area contributed by atoms with E-state index in [0.29, 0.717) is 22.6 Å². The summed E-state index contributed by atoms with van der Waals surface area (Å²) in [6.07, 6.45) is 2.96. The molecule has 0 radical (unpaired) electrons. The van der Waals surface area contributed by atoms with Crippen molar-refractivity contribution in [3.63, 3.8) is 0 Å². The molecule has 30 heavy (non-hydrogen) atoms. The van der Waals surface area contributed by atoms with Crippen molar-refractivity contribution in [3.8, 4) is 28.7 Å².